The van der Waals surface area contributed by atoms with Crippen molar-refractivity contribution in [2.24, 2.45) is 17.4 Å². The molecule has 3 aromatic rings. The first kappa shape index (κ1) is 26.2. The third-order valence-corrected chi connectivity index (χ3v) is 5.90. The third-order valence-electron chi connectivity index (χ3n) is 5.90. The summed E-state index contributed by atoms with van der Waals surface area (Å²) in [6.07, 6.45) is 2.02. The molecule has 10 nitrogen and oxygen atoms in total. The standard InChI is InChI=1S/C26H32N6O4/c1-5-6-16-13(4)18(23-21(33)9-15(36-32)10-22(23)34)11-17(12(2)3)24(16)26(30,31)35-14-7-19(27)25(29)20(28)8-14/h5,7-11,33-34H,1-2,6,27-32H2,3-4H3. The molecule has 0 aliphatic rings. The van der Waals surface area contributed by atoms with Gasteiger partial charge in [-0.15, -0.1) is 6.58 Å². The quantitative estimate of drug-likeness (QED) is 0.0995. The van der Waals surface area contributed by atoms with Crippen LogP contribution in [0, 0.1) is 6.92 Å². The van der Waals surface area contributed by atoms with Crippen LogP contribution in [0.3, 0.4) is 0 Å². The lowest BCUT2D eigenvalue weighted by atomic mass is 9.83. The molecule has 0 atom stereocenters. The molecule has 0 bridgehead atoms. The van der Waals surface area contributed by atoms with Crippen LogP contribution in [0.15, 0.2) is 49.6 Å². The van der Waals surface area contributed by atoms with Crippen molar-refractivity contribution >= 4 is 22.6 Å². The Kier molecular flexibility index (Phi) is 7.07. The van der Waals surface area contributed by atoms with E-state index in [1.807, 2.05) is 0 Å². The van der Waals surface area contributed by atoms with E-state index in [2.05, 4.69) is 18.0 Å². The van der Waals surface area contributed by atoms with Crippen LogP contribution in [0.1, 0.15) is 29.2 Å². The average Bonchev–Trinajstić information content (AvgIpc) is 2.78. The Morgan fingerprint density at radius 2 is 1.56 bits per heavy atom. The van der Waals surface area contributed by atoms with E-state index in [1.165, 1.54) is 24.3 Å². The zero-order valence-corrected chi connectivity index (χ0v) is 20.3. The SMILES string of the molecule is C=CCc1c(C)c(-c2c(O)cc(ON)cc2O)cc(C(=C)C)c1C(N)(N)Oc1cc(N)c(N)c(N)c1. The van der Waals surface area contributed by atoms with Crippen molar-refractivity contribution in [1.82, 2.24) is 0 Å². The number of rotatable bonds is 8. The van der Waals surface area contributed by atoms with Gasteiger partial charge in [0.1, 0.15) is 17.2 Å². The van der Waals surface area contributed by atoms with Crippen LogP contribution in [-0.2, 0) is 12.3 Å². The van der Waals surface area contributed by atoms with Crippen LogP contribution in [-0.4, -0.2) is 10.2 Å². The molecule has 3 rings (SSSR count). The molecular formula is C26H32N6O4. The van der Waals surface area contributed by atoms with Crippen molar-refractivity contribution in [1.29, 1.82) is 0 Å². The van der Waals surface area contributed by atoms with E-state index in [1.54, 1.807) is 26.0 Å². The number of nitrogens with two attached hydrogens (primary N) is 6. The lowest BCUT2D eigenvalue weighted by Crippen LogP contribution is -2.52. The molecule has 0 aliphatic carbocycles. The molecule has 0 unspecified atom stereocenters. The van der Waals surface area contributed by atoms with E-state index < -0.39 is 5.85 Å². The molecule has 14 N–H and O–H groups in total. The maximum atomic E-state index is 10.7. The molecule has 0 heterocycles. The van der Waals surface area contributed by atoms with Crippen LogP contribution in [0.25, 0.3) is 16.7 Å². The smallest absolute Gasteiger partial charge is 0.240 e. The number of aromatic hydroxyl groups is 2. The van der Waals surface area contributed by atoms with Crippen molar-refractivity contribution in [2.45, 2.75) is 26.1 Å². The van der Waals surface area contributed by atoms with Gasteiger partial charge in [0.25, 0.3) is 0 Å². The average molecular weight is 493 g/mol. The summed E-state index contributed by atoms with van der Waals surface area (Å²) in [5.74, 6) is 3.15. The number of phenols is 2. The number of nitrogen functional groups attached to an aromatic ring is 3. The second-order valence-corrected chi connectivity index (χ2v) is 8.59. The highest BCUT2D eigenvalue weighted by Gasteiger charge is 2.33. The highest BCUT2D eigenvalue weighted by molar-refractivity contribution is 5.85. The van der Waals surface area contributed by atoms with Crippen molar-refractivity contribution in [2.75, 3.05) is 17.2 Å². The van der Waals surface area contributed by atoms with E-state index in [0.29, 0.717) is 39.8 Å². The number of hydrogen-bond donors (Lipinski definition) is 8. The molecule has 190 valence electrons. The van der Waals surface area contributed by atoms with Crippen LogP contribution >= 0.6 is 0 Å². The molecule has 0 aromatic heterocycles. The highest BCUT2D eigenvalue weighted by Crippen LogP contribution is 2.45. The van der Waals surface area contributed by atoms with Crippen LogP contribution < -0.4 is 44.1 Å². The summed E-state index contributed by atoms with van der Waals surface area (Å²) < 4.78 is 6.00. The second kappa shape index (κ2) is 9.70. The van der Waals surface area contributed by atoms with Crippen molar-refractivity contribution < 1.29 is 19.8 Å². The largest absolute Gasteiger partial charge is 0.507 e. The van der Waals surface area contributed by atoms with Crippen LogP contribution in [0.4, 0.5) is 17.1 Å². The fraction of sp³-hybridized carbons (Fsp3) is 0.154. The van der Waals surface area contributed by atoms with Crippen LogP contribution in [0.5, 0.6) is 23.0 Å². The van der Waals surface area contributed by atoms with Crippen LogP contribution in [0.2, 0.25) is 0 Å². The third kappa shape index (κ3) is 4.73. The summed E-state index contributed by atoms with van der Waals surface area (Å²) in [6.45, 7) is 11.5. The first-order valence-corrected chi connectivity index (χ1v) is 10.9. The molecular weight excluding hydrogens is 460 g/mol. The summed E-state index contributed by atoms with van der Waals surface area (Å²) in [5, 5.41) is 21.4. The summed E-state index contributed by atoms with van der Waals surface area (Å²) in [6, 6.07) is 7.27. The van der Waals surface area contributed by atoms with Gasteiger partial charge < -0.3 is 37.0 Å². The van der Waals surface area contributed by atoms with E-state index in [9.17, 15) is 10.2 Å². The second-order valence-electron chi connectivity index (χ2n) is 8.59. The molecule has 0 saturated heterocycles. The van der Waals surface area contributed by atoms with E-state index in [-0.39, 0.29) is 45.6 Å². The Balaban J connectivity index is 2.31. The maximum absolute atomic E-state index is 10.7. The summed E-state index contributed by atoms with van der Waals surface area (Å²) >= 11 is 0. The Hall–Kier alpha value is -4.38. The van der Waals surface area contributed by atoms with Gasteiger partial charge in [-0.25, -0.2) is 0 Å². The highest BCUT2D eigenvalue weighted by atomic mass is 16.6. The van der Waals surface area contributed by atoms with Gasteiger partial charge in [0.2, 0.25) is 5.85 Å². The normalized spacial score (nSPS) is 11.2. The van der Waals surface area contributed by atoms with Crippen molar-refractivity contribution in [3.05, 3.63) is 71.8 Å². The van der Waals surface area contributed by atoms with E-state index in [4.69, 9.17) is 39.3 Å². The molecule has 0 aliphatic heterocycles. The minimum Gasteiger partial charge on any atom is -0.507 e. The van der Waals surface area contributed by atoms with Gasteiger partial charge in [-0.3, -0.25) is 11.5 Å². The Morgan fingerprint density at radius 1 is 1.00 bits per heavy atom. The summed E-state index contributed by atoms with van der Waals surface area (Å²) in [4.78, 5) is 4.64. The molecule has 0 fully saturated rings. The topological polar surface area (TPSA) is 215 Å². The fourth-order valence-corrected chi connectivity index (χ4v) is 4.19. The van der Waals surface area contributed by atoms with E-state index >= 15 is 0 Å². The minimum absolute atomic E-state index is 0.0906. The molecule has 0 amide bonds. The minimum atomic E-state index is -1.87. The van der Waals surface area contributed by atoms with Gasteiger partial charge in [-0.1, -0.05) is 18.2 Å². The Morgan fingerprint density at radius 3 is 2.03 bits per heavy atom. The zero-order valence-electron chi connectivity index (χ0n) is 20.3. The monoisotopic (exact) mass is 492 g/mol. The molecule has 0 radical (unpaired) electrons. The number of hydrogen-bond acceptors (Lipinski definition) is 10. The Bertz CT molecular complexity index is 1320. The number of ether oxygens (including phenoxy) is 1. The molecule has 36 heavy (non-hydrogen) atoms. The zero-order chi connectivity index (χ0) is 26.9. The van der Waals surface area contributed by atoms with Gasteiger partial charge in [0.05, 0.1) is 22.6 Å². The number of phenolic OH excluding ortho intramolecular Hbond substituents is 2. The predicted octanol–water partition coefficient (Wildman–Crippen LogP) is 2.94. The maximum Gasteiger partial charge on any atom is 0.240 e. The predicted molar refractivity (Wildman–Crippen MR) is 144 cm³/mol. The molecule has 10 heteroatoms. The number of anilines is 3. The summed E-state index contributed by atoms with van der Waals surface area (Å²) in [7, 11) is 0. The lowest BCUT2D eigenvalue weighted by molar-refractivity contribution is 0.0797. The van der Waals surface area contributed by atoms with Gasteiger partial charge in [-0.2, -0.15) is 5.90 Å². The number of allylic oxidation sites excluding steroid dienone is 2. The fourth-order valence-electron chi connectivity index (χ4n) is 4.19. The molecule has 0 saturated carbocycles. The number of benzene rings is 3. The van der Waals surface area contributed by atoms with E-state index in [0.717, 1.165) is 0 Å². The lowest BCUT2D eigenvalue weighted by Gasteiger charge is -2.32. The first-order valence-electron chi connectivity index (χ1n) is 10.9. The van der Waals surface area contributed by atoms with Gasteiger partial charge in [0, 0.05) is 29.8 Å². The van der Waals surface area contributed by atoms with Crippen molar-refractivity contribution in [3.63, 3.8) is 0 Å². The molecule has 0 spiro atoms. The van der Waals surface area contributed by atoms with Gasteiger partial charge in [-0.05, 0) is 48.6 Å². The first-order chi connectivity index (χ1) is 16.8. The van der Waals surface area contributed by atoms with Gasteiger partial charge in [0.15, 0.2) is 5.75 Å². The molecule has 3 aromatic carbocycles. The Labute approximate surface area is 209 Å². The van der Waals surface area contributed by atoms with Crippen molar-refractivity contribution in [3.8, 4) is 34.1 Å². The van der Waals surface area contributed by atoms with Gasteiger partial charge >= 0.3 is 0 Å². The summed E-state index contributed by atoms with van der Waals surface area (Å²) in [5.41, 5.74) is 35.1.